The molecule has 2 heterocycles. The van der Waals surface area contributed by atoms with E-state index in [1.54, 1.807) is 17.4 Å². The fraction of sp³-hybridized carbons (Fsp3) is 0.533. The minimum absolute atomic E-state index is 0.0519. The van der Waals surface area contributed by atoms with Gasteiger partial charge in [0.25, 0.3) is 0 Å². The molecule has 0 bridgehead atoms. The first-order chi connectivity index (χ1) is 10.1. The molecule has 112 valence electrons. The van der Waals surface area contributed by atoms with Crippen LogP contribution in [-0.4, -0.2) is 16.0 Å². The molecular formula is C15H19N3O2S. The number of carbonyl (C=O) groups is 1. The van der Waals surface area contributed by atoms with Crippen molar-refractivity contribution in [2.45, 2.75) is 52.0 Å². The van der Waals surface area contributed by atoms with Crippen LogP contribution in [0.2, 0.25) is 0 Å². The second-order valence-corrected chi connectivity index (χ2v) is 6.64. The third-order valence-electron chi connectivity index (χ3n) is 3.63. The highest BCUT2D eigenvalue weighted by Gasteiger charge is 2.19. The summed E-state index contributed by atoms with van der Waals surface area (Å²) >= 11 is 1.74. The van der Waals surface area contributed by atoms with Gasteiger partial charge in [-0.05, 0) is 39.5 Å². The molecule has 0 saturated heterocycles. The monoisotopic (exact) mass is 305 g/mol. The lowest BCUT2D eigenvalue weighted by molar-refractivity contribution is -0.121. The Bertz CT molecular complexity index is 624. The summed E-state index contributed by atoms with van der Waals surface area (Å²) in [7, 11) is 0. The van der Waals surface area contributed by atoms with Crippen molar-refractivity contribution in [3.8, 4) is 0 Å². The Hall–Kier alpha value is -1.69. The van der Waals surface area contributed by atoms with E-state index in [4.69, 9.17) is 4.52 Å². The number of carbonyl (C=O) groups excluding carboxylic acids is 1. The van der Waals surface area contributed by atoms with Crippen LogP contribution >= 0.6 is 11.3 Å². The molecule has 2 aromatic rings. The smallest absolute Gasteiger partial charge is 0.226 e. The molecule has 1 aliphatic carbocycles. The molecule has 3 rings (SSSR count). The number of rotatable bonds is 4. The van der Waals surface area contributed by atoms with Crippen LogP contribution < -0.4 is 5.32 Å². The zero-order chi connectivity index (χ0) is 14.8. The van der Waals surface area contributed by atoms with Crippen molar-refractivity contribution in [2.75, 3.05) is 0 Å². The molecule has 1 aliphatic rings. The summed E-state index contributed by atoms with van der Waals surface area (Å²) in [5, 5.41) is 7.84. The zero-order valence-electron chi connectivity index (χ0n) is 12.3. The van der Waals surface area contributed by atoms with E-state index in [1.807, 2.05) is 13.8 Å². The maximum Gasteiger partial charge on any atom is 0.226 e. The van der Waals surface area contributed by atoms with E-state index < -0.39 is 0 Å². The molecule has 0 spiro atoms. The zero-order valence-corrected chi connectivity index (χ0v) is 13.1. The SMILES string of the molecule is Cc1cc(CC(=O)NC(C)c2nc3c(s2)CCCC3)no1. The van der Waals surface area contributed by atoms with Crippen molar-refractivity contribution in [1.82, 2.24) is 15.5 Å². The number of nitrogens with zero attached hydrogens (tertiary/aromatic N) is 2. The van der Waals surface area contributed by atoms with Crippen LogP contribution in [0.1, 0.15) is 52.8 Å². The Kier molecular flexibility index (Phi) is 4.05. The molecular weight excluding hydrogens is 286 g/mol. The van der Waals surface area contributed by atoms with Gasteiger partial charge in [0.05, 0.1) is 23.9 Å². The van der Waals surface area contributed by atoms with Crippen LogP contribution in [0, 0.1) is 6.92 Å². The molecule has 6 heteroatoms. The maximum absolute atomic E-state index is 12.0. The van der Waals surface area contributed by atoms with Gasteiger partial charge in [-0.1, -0.05) is 5.16 Å². The second-order valence-electron chi connectivity index (χ2n) is 5.52. The molecule has 0 fully saturated rings. The summed E-state index contributed by atoms with van der Waals surface area (Å²) < 4.78 is 4.97. The van der Waals surface area contributed by atoms with Crippen LogP contribution in [0.5, 0.6) is 0 Å². The molecule has 0 aromatic carbocycles. The van der Waals surface area contributed by atoms with Gasteiger partial charge in [-0.2, -0.15) is 0 Å². The van der Waals surface area contributed by atoms with Gasteiger partial charge in [-0.25, -0.2) is 4.98 Å². The van der Waals surface area contributed by atoms with Crippen LogP contribution in [0.3, 0.4) is 0 Å². The van der Waals surface area contributed by atoms with E-state index in [0.29, 0.717) is 5.69 Å². The van der Waals surface area contributed by atoms with Gasteiger partial charge in [0.1, 0.15) is 10.8 Å². The molecule has 21 heavy (non-hydrogen) atoms. The molecule has 1 unspecified atom stereocenters. The van der Waals surface area contributed by atoms with Crippen molar-refractivity contribution in [2.24, 2.45) is 0 Å². The van der Waals surface area contributed by atoms with Gasteiger partial charge in [0.2, 0.25) is 5.91 Å². The minimum Gasteiger partial charge on any atom is -0.361 e. The quantitative estimate of drug-likeness (QED) is 0.943. The largest absolute Gasteiger partial charge is 0.361 e. The van der Waals surface area contributed by atoms with Crippen LogP contribution in [0.15, 0.2) is 10.6 Å². The maximum atomic E-state index is 12.0. The first kappa shape index (κ1) is 14.3. The average molecular weight is 305 g/mol. The topological polar surface area (TPSA) is 68.0 Å². The van der Waals surface area contributed by atoms with Crippen LogP contribution in [-0.2, 0) is 24.1 Å². The number of aryl methyl sites for hydroxylation is 3. The summed E-state index contributed by atoms with van der Waals surface area (Å²) in [6, 6.07) is 1.73. The summed E-state index contributed by atoms with van der Waals surface area (Å²) in [4.78, 5) is 18.1. The summed E-state index contributed by atoms with van der Waals surface area (Å²) in [6.07, 6.45) is 4.92. The van der Waals surface area contributed by atoms with E-state index in [9.17, 15) is 4.79 Å². The lowest BCUT2D eigenvalue weighted by Gasteiger charge is -2.10. The van der Waals surface area contributed by atoms with E-state index in [-0.39, 0.29) is 18.4 Å². The molecule has 1 amide bonds. The van der Waals surface area contributed by atoms with Crippen molar-refractivity contribution in [3.05, 3.63) is 33.1 Å². The number of hydrogen-bond acceptors (Lipinski definition) is 5. The summed E-state index contributed by atoms with van der Waals surface area (Å²) in [5.74, 6) is 0.669. The van der Waals surface area contributed by atoms with Crippen LogP contribution in [0.4, 0.5) is 0 Å². The van der Waals surface area contributed by atoms with E-state index in [1.165, 1.54) is 23.4 Å². The number of nitrogens with one attached hydrogen (secondary N) is 1. The molecule has 0 saturated carbocycles. The van der Waals surface area contributed by atoms with Gasteiger partial charge < -0.3 is 9.84 Å². The number of aromatic nitrogens is 2. The van der Waals surface area contributed by atoms with Crippen molar-refractivity contribution in [3.63, 3.8) is 0 Å². The fourth-order valence-electron chi connectivity index (χ4n) is 2.58. The molecule has 2 aromatic heterocycles. The van der Waals surface area contributed by atoms with Gasteiger partial charge in [0.15, 0.2) is 0 Å². The highest BCUT2D eigenvalue weighted by atomic mass is 32.1. The Labute approximate surface area is 127 Å². The highest BCUT2D eigenvalue weighted by molar-refractivity contribution is 7.11. The lowest BCUT2D eigenvalue weighted by atomic mass is 10.0. The molecule has 0 aliphatic heterocycles. The normalized spacial score (nSPS) is 15.5. The Morgan fingerprint density at radius 1 is 1.48 bits per heavy atom. The van der Waals surface area contributed by atoms with E-state index in [2.05, 4.69) is 15.5 Å². The van der Waals surface area contributed by atoms with Crippen molar-refractivity contribution >= 4 is 17.2 Å². The first-order valence-corrected chi connectivity index (χ1v) is 8.13. The van der Waals surface area contributed by atoms with Gasteiger partial charge in [-0.15, -0.1) is 11.3 Å². The second kappa shape index (κ2) is 5.97. The van der Waals surface area contributed by atoms with Crippen LogP contribution in [0.25, 0.3) is 0 Å². The Balaban J connectivity index is 1.61. The fourth-order valence-corrected chi connectivity index (χ4v) is 3.73. The number of fused-ring (bicyclic) bond motifs is 1. The molecule has 5 nitrogen and oxygen atoms in total. The number of thiazole rings is 1. The number of amides is 1. The van der Waals surface area contributed by atoms with E-state index >= 15 is 0 Å². The third kappa shape index (κ3) is 3.32. The van der Waals surface area contributed by atoms with Gasteiger partial charge >= 0.3 is 0 Å². The van der Waals surface area contributed by atoms with Gasteiger partial charge in [-0.3, -0.25) is 4.79 Å². The molecule has 1 N–H and O–H groups in total. The summed E-state index contributed by atoms with van der Waals surface area (Å²) in [6.45, 7) is 3.80. The lowest BCUT2D eigenvalue weighted by Crippen LogP contribution is -2.28. The highest BCUT2D eigenvalue weighted by Crippen LogP contribution is 2.29. The van der Waals surface area contributed by atoms with Crippen molar-refractivity contribution < 1.29 is 9.32 Å². The number of hydrogen-bond donors (Lipinski definition) is 1. The molecule has 0 radical (unpaired) electrons. The van der Waals surface area contributed by atoms with Gasteiger partial charge in [0, 0.05) is 10.9 Å². The van der Waals surface area contributed by atoms with E-state index in [0.717, 1.165) is 23.6 Å². The standard InChI is InChI=1S/C15H19N3O2S/c1-9-7-11(18-20-9)8-14(19)16-10(2)15-17-12-5-3-4-6-13(12)21-15/h7,10H,3-6,8H2,1-2H3,(H,16,19). The first-order valence-electron chi connectivity index (χ1n) is 7.32. The molecule has 1 atom stereocenters. The summed E-state index contributed by atoms with van der Waals surface area (Å²) in [5.41, 5.74) is 1.89. The average Bonchev–Trinajstić information content (AvgIpc) is 3.04. The van der Waals surface area contributed by atoms with Crippen molar-refractivity contribution in [1.29, 1.82) is 0 Å². The predicted octanol–water partition coefficient (Wildman–Crippen LogP) is 2.74. The minimum atomic E-state index is -0.0545. The Morgan fingerprint density at radius 3 is 3.00 bits per heavy atom. The third-order valence-corrected chi connectivity index (χ3v) is 4.97. The Morgan fingerprint density at radius 2 is 2.29 bits per heavy atom. The predicted molar refractivity (Wildman–Crippen MR) is 80.3 cm³/mol.